The minimum Gasteiger partial charge on any atom is -0.391 e. The molecule has 4 heteroatoms. The van der Waals surface area contributed by atoms with Crippen molar-refractivity contribution in [2.45, 2.75) is 4.90 Å². The van der Waals surface area contributed by atoms with E-state index in [1.165, 1.54) is 17.4 Å². The van der Waals surface area contributed by atoms with E-state index in [2.05, 4.69) is 12.6 Å². The van der Waals surface area contributed by atoms with Gasteiger partial charge in [-0.15, -0.1) is 24.0 Å². The molecule has 0 aliphatic heterocycles. The van der Waals surface area contributed by atoms with E-state index in [4.69, 9.17) is 5.73 Å². The average Bonchev–Trinajstić information content (AvgIpc) is 2.30. The van der Waals surface area contributed by atoms with Crippen molar-refractivity contribution in [1.82, 2.24) is 0 Å². The number of thiophene rings is 1. The molecule has 2 aromatic rings. The van der Waals surface area contributed by atoms with Crippen LogP contribution in [0, 0.1) is 5.82 Å². The van der Waals surface area contributed by atoms with E-state index in [0.717, 1.165) is 10.1 Å². The summed E-state index contributed by atoms with van der Waals surface area (Å²) in [5.41, 5.74) is 5.56. The molecular weight excluding hydrogens is 193 g/mol. The molecule has 0 radical (unpaired) electrons. The van der Waals surface area contributed by atoms with Crippen LogP contribution in [0.2, 0.25) is 0 Å². The summed E-state index contributed by atoms with van der Waals surface area (Å²) in [5.74, 6) is -0.302. The number of thiol groups is 1. The van der Waals surface area contributed by atoms with Crippen LogP contribution in [0.5, 0.6) is 0 Å². The fourth-order valence-electron chi connectivity index (χ4n) is 1.07. The third-order valence-corrected chi connectivity index (χ3v) is 2.87. The first-order valence-electron chi connectivity index (χ1n) is 3.34. The summed E-state index contributed by atoms with van der Waals surface area (Å²) in [6, 6.07) is 4.90. The van der Waals surface area contributed by atoms with E-state index in [9.17, 15) is 4.39 Å². The highest BCUT2D eigenvalue weighted by Crippen LogP contribution is 2.30. The van der Waals surface area contributed by atoms with Crippen molar-refractivity contribution in [1.29, 1.82) is 0 Å². The summed E-state index contributed by atoms with van der Waals surface area (Å²) >= 11 is 5.41. The Balaban J connectivity index is 2.83. The van der Waals surface area contributed by atoms with Crippen LogP contribution in [0.25, 0.3) is 10.1 Å². The van der Waals surface area contributed by atoms with Crippen molar-refractivity contribution in [3.63, 3.8) is 0 Å². The zero-order valence-corrected chi connectivity index (χ0v) is 7.75. The summed E-state index contributed by atoms with van der Waals surface area (Å²) < 4.78 is 13.9. The Bertz CT molecular complexity index is 397. The lowest BCUT2D eigenvalue weighted by molar-refractivity contribution is 0.605. The number of nitrogen functional groups attached to an aromatic ring is 1. The van der Waals surface area contributed by atoms with Crippen LogP contribution < -0.4 is 5.73 Å². The first-order valence-corrected chi connectivity index (χ1v) is 4.61. The molecule has 1 aromatic heterocycles. The van der Waals surface area contributed by atoms with Gasteiger partial charge in [-0.2, -0.15) is 0 Å². The van der Waals surface area contributed by atoms with Gasteiger partial charge in [0.05, 0.1) is 5.00 Å². The van der Waals surface area contributed by atoms with Crippen molar-refractivity contribution < 1.29 is 4.39 Å². The highest BCUT2D eigenvalue weighted by Gasteiger charge is 2.03. The lowest BCUT2D eigenvalue weighted by Gasteiger charge is -1.93. The van der Waals surface area contributed by atoms with Crippen LogP contribution in [0.15, 0.2) is 23.1 Å². The topological polar surface area (TPSA) is 26.0 Å². The largest absolute Gasteiger partial charge is 0.391 e. The van der Waals surface area contributed by atoms with Gasteiger partial charge >= 0.3 is 0 Å². The maximum absolute atomic E-state index is 12.9. The van der Waals surface area contributed by atoms with Crippen LogP contribution >= 0.6 is 24.0 Å². The van der Waals surface area contributed by atoms with Gasteiger partial charge < -0.3 is 5.73 Å². The summed E-state index contributed by atoms with van der Waals surface area (Å²) in [5, 5.41) is 1.54. The molecule has 1 heterocycles. The van der Waals surface area contributed by atoms with E-state index in [1.54, 1.807) is 12.1 Å². The maximum Gasteiger partial charge on any atom is 0.137 e. The number of nitrogens with two attached hydrogens (primary N) is 1. The van der Waals surface area contributed by atoms with E-state index in [0.29, 0.717) is 9.90 Å². The van der Waals surface area contributed by atoms with Gasteiger partial charge in [-0.25, -0.2) is 4.39 Å². The number of fused-ring (bicyclic) bond motifs is 1. The molecule has 0 bridgehead atoms. The molecule has 1 nitrogen and oxygen atoms in total. The first-order chi connectivity index (χ1) is 5.66. The molecule has 0 aliphatic carbocycles. The van der Waals surface area contributed by atoms with Gasteiger partial charge in [0, 0.05) is 9.60 Å². The van der Waals surface area contributed by atoms with Gasteiger partial charge in [0.2, 0.25) is 0 Å². The van der Waals surface area contributed by atoms with Gasteiger partial charge in [-0.3, -0.25) is 0 Å². The van der Waals surface area contributed by atoms with Crippen LogP contribution in [0.1, 0.15) is 0 Å². The summed E-state index contributed by atoms with van der Waals surface area (Å²) in [6.07, 6.45) is 0. The Morgan fingerprint density at radius 1 is 1.33 bits per heavy atom. The fourth-order valence-corrected chi connectivity index (χ4v) is 2.20. The number of rotatable bonds is 0. The Kier molecular flexibility index (Phi) is 1.73. The van der Waals surface area contributed by atoms with Crippen molar-refractivity contribution in [3.8, 4) is 0 Å². The van der Waals surface area contributed by atoms with Crippen molar-refractivity contribution >= 4 is 39.1 Å². The number of hydrogen-bond donors (Lipinski definition) is 2. The van der Waals surface area contributed by atoms with Crippen LogP contribution in [-0.4, -0.2) is 0 Å². The van der Waals surface area contributed by atoms with Crippen molar-refractivity contribution in [3.05, 3.63) is 24.0 Å². The van der Waals surface area contributed by atoms with Gasteiger partial charge in [0.1, 0.15) is 5.82 Å². The van der Waals surface area contributed by atoms with Crippen molar-refractivity contribution in [2.75, 3.05) is 5.73 Å². The predicted octanol–water partition coefficient (Wildman–Crippen LogP) is 2.91. The van der Waals surface area contributed by atoms with Gasteiger partial charge in [0.25, 0.3) is 0 Å². The van der Waals surface area contributed by atoms with Crippen LogP contribution in [-0.2, 0) is 0 Å². The lowest BCUT2D eigenvalue weighted by atomic mass is 10.2. The number of anilines is 1. The number of halogens is 1. The zero-order chi connectivity index (χ0) is 8.72. The minimum absolute atomic E-state index is 0.302. The Morgan fingerprint density at radius 3 is 2.83 bits per heavy atom. The Hall–Kier alpha value is -0.740. The lowest BCUT2D eigenvalue weighted by Crippen LogP contribution is -1.75. The van der Waals surface area contributed by atoms with Gasteiger partial charge in [-0.05, 0) is 23.6 Å². The van der Waals surface area contributed by atoms with E-state index < -0.39 is 0 Å². The third kappa shape index (κ3) is 1.17. The molecule has 0 aliphatic rings. The monoisotopic (exact) mass is 199 g/mol. The SMILES string of the molecule is Nc1cc2cc(F)c(S)cc2s1. The van der Waals surface area contributed by atoms with Crippen LogP contribution in [0.3, 0.4) is 0 Å². The third-order valence-electron chi connectivity index (χ3n) is 1.60. The Morgan fingerprint density at radius 2 is 2.08 bits per heavy atom. The molecule has 0 spiro atoms. The Labute approximate surface area is 78.4 Å². The van der Waals surface area contributed by atoms with Crippen LogP contribution in [0.4, 0.5) is 9.39 Å². The molecule has 2 N–H and O–H groups in total. The molecule has 0 saturated carbocycles. The minimum atomic E-state index is -0.302. The summed E-state index contributed by atoms with van der Waals surface area (Å²) in [6.45, 7) is 0. The summed E-state index contributed by atoms with van der Waals surface area (Å²) in [7, 11) is 0. The van der Waals surface area contributed by atoms with E-state index in [-0.39, 0.29) is 5.82 Å². The van der Waals surface area contributed by atoms with Gasteiger partial charge in [0.15, 0.2) is 0 Å². The predicted molar refractivity (Wildman–Crippen MR) is 53.4 cm³/mol. The zero-order valence-electron chi connectivity index (χ0n) is 6.04. The molecule has 0 amide bonds. The molecule has 0 saturated heterocycles. The average molecular weight is 199 g/mol. The quantitative estimate of drug-likeness (QED) is 0.627. The summed E-state index contributed by atoms with van der Waals surface area (Å²) in [4.78, 5) is 0.365. The molecule has 0 unspecified atom stereocenters. The second kappa shape index (κ2) is 2.64. The molecule has 0 fully saturated rings. The highest BCUT2D eigenvalue weighted by atomic mass is 32.1. The van der Waals surface area contributed by atoms with Gasteiger partial charge in [-0.1, -0.05) is 0 Å². The normalized spacial score (nSPS) is 10.8. The second-order valence-corrected chi connectivity index (χ2v) is 4.09. The highest BCUT2D eigenvalue weighted by molar-refractivity contribution is 7.80. The molecular formula is C8H6FNS2. The smallest absolute Gasteiger partial charge is 0.137 e. The van der Waals surface area contributed by atoms with Crippen molar-refractivity contribution in [2.24, 2.45) is 0 Å². The fraction of sp³-hybridized carbons (Fsp3) is 0. The molecule has 62 valence electrons. The number of hydrogen-bond acceptors (Lipinski definition) is 3. The van der Waals surface area contributed by atoms with E-state index >= 15 is 0 Å². The molecule has 1 aromatic carbocycles. The second-order valence-electron chi connectivity index (χ2n) is 2.49. The number of benzene rings is 1. The first kappa shape index (κ1) is 7.89. The molecule has 12 heavy (non-hydrogen) atoms. The standard InChI is InChI=1S/C8H6FNS2/c9-5-1-4-2-8(10)12-7(4)3-6(5)11/h1-3,11H,10H2. The molecule has 2 rings (SSSR count). The molecule has 0 atom stereocenters. The van der Waals surface area contributed by atoms with E-state index in [1.807, 2.05) is 0 Å². The maximum atomic E-state index is 12.9.